The highest BCUT2D eigenvalue weighted by atomic mass is 35.5. The van der Waals surface area contributed by atoms with E-state index in [1.165, 1.54) is 4.90 Å². The molecule has 1 amide bonds. The van der Waals surface area contributed by atoms with Crippen molar-refractivity contribution >= 4 is 30.7 Å². The summed E-state index contributed by atoms with van der Waals surface area (Å²) in [6.45, 7) is 0. The maximum absolute atomic E-state index is 11.2. The van der Waals surface area contributed by atoms with E-state index < -0.39 is 0 Å². The van der Waals surface area contributed by atoms with Crippen molar-refractivity contribution in [3.05, 3.63) is 30.1 Å². The molecule has 0 aromatic carbocycles. The van der Waals surface area contributed by atoms with Crippen LogP contribution in [0.5, 0.6) is 0 Å². The summed E-state index contributed by atoms with van der Waals surface area (Å²) in [6.07, 6.45) is 1.61. The summed E-state index contributed by atoms with van der Waals surface area (Å²) in [6, 6.07) is 5.28. The van der Waals surface area contributed by atoms with Gasteiger partial charge in [-0.1, -0.05) is 6.07 Å². The average molecular weight is 223 g/mol. The third-order valence-corrected chi connectivity index (χ3v) is 1.29. The summed E-state index contributed by atoms with van der Waals surface area (Å²) < 4.78 is 0. The molecule has 13 heavy (non-hydrogen) atoms. The summed E-state index contributed by atoms with van der Waals surface area (Å²) >= 11 is 0. The monoisotopic (exact) mass is 222 g/mol. The molecular weight excluding hydrogens is 211 g/mol. The molecule has 74 valence electrons. The number of hydrogen-bond acceptors (Lipinski definition) is 2. The minimum absolute atomic E-state index is 0. The second kappa shape index (κ2) is 6.69. The first kappa shape index (κ1) is 14.7. The second-order valence-electron chi connectivity index (χ2n) is 2.41. The van der Waals surface area contributed by atoms with Gasteiger partial charge in [0, 0.05) is 20.3 Å². The van der Waals surface area contributed by atoms with Gasteiger partial charge in [-0.15, -0.1) is 24.8 Å². The zero-order valence-corrected chi connectivity index (χ0v) is 9.06. The van der Waals surface area contributed by atoms with Gasteiger partial charge in [-0.05, 0) is 12.1 Å². The third kappa shape index (κ3) is 4.10. The molecular formula is C8H12Cl2N2O. The first-order chi connectivity index (χ1) is 5.22. The fourth-order valence-electron chi connectivity index (χ4n) is 0.718. The average Bonchev–Trinajstić information content (AvgIpc) is 2.05. The number of aromatic nitrogens is 1. The number of carbonyl (C=O) groups excluding carboxylic acids is 1. The van der Waals surface area contributed by atoms with Crippen molar-refractivity contribution in [1.29, 1.82) is 0 Å². The van der Waals surface area contributed by atoms with Crippen LogP contribution in [0.25, 0.3) is 0 Å². The molecule has 1 heterocycles. The van der Waals surface area contributed by atoms with Crippen LogP contribution in [0, 0.1) is 0 Å². The number of halogens is 2. The Labute approximate surface area is 90.0 Å². The minimum Gasteiger partial charge on any atom is -0.343 e. The van der Waals surface area contributed by atoms with Crippen LogP contribution in [0.4, 0.5) is 0 Å². The molecule has 0 saturated heterocycles. The van der Waals surface area contributed by atoms with Crippen LogP contribution in [0.3, 0.4) is 0 Å². The molecule has 0 aliphatic carbocycles. The SMILES string of the molecule is CN(C)C(=O)c1ccccn1.Cl.Cl. The van der Waals surface area contributed by atoms with Crippen LogP contribution in [0.2, 0.25) is 0 Å². The predicted molar refractivity (Wildman–Crippen MR) is 56.8 cm³/mol. The van der Waals surface area contributed by atoms with E-state index in [0.717, 1.165) is 0 Å². The van der Waals surface area contributed by atoms with Gasteiger partial charge in [0.25, 0.3) is 5.91 Å². The second-order valence-corrected chi connectivity index (χ2v) is 2.41. The molecule has 5 heteroatoms. The highest BCUT2D eigenvalue weighted by Gasteiger charge is 2.06. The van der Waals surface area contributed by atoms with Crippen LogP contribution in [-0.2, 0) is 0 Å². The summed E-state index contributed by atoms with van der Waals surface area (Å²) in [7, 11) is 3.41. The Morgan fingerprint density at radius 3 is 2.31 bits per heavy atom. The Hall–Kier alpha value is -0.800. The summed E-state index contributed by atoms with van der Waals surface area (Å²) in [5, 5.41) is 0. The van der Waals surface area contributed by atoms with Gasteiger partial charge in [-0.25, -0.2) is 0 Å². The van der Waals surface area contributed by atoms with Crippen LogP contribution >= 0.6 is 24.8 Å². The highest BCUT2D eigenvalue weighted by molar-refractivity contribution is 5.91. The van der Waals surface area contributed by atoms with E-state index in [-0.39, 0.29) is 30.7 Å². The molecule has 3 nitrogen and oxygen atoms in total. The quantitative estimate of drug-likeness (QED) is 0.724. The predicted octanol–water partition coefficient (Wildman–Crippen LogP) is 1.63. The number of pyridine rings is 1. The van der Waals surface area contributed by atoms with Crippen LogP contribution < -0.4 is 0 Å². The number of nitrogens with zero attached hydrogens (tertiary/aromatic N) is 2. The Kier molecular flexibility index (Phi) is 7.57. The molecule has 1 aromatic rings. The fraction of sp³-hybridized carbons (Fsp3) is 0.250. The van der Waals surface area contributed by atoms with Crippen molar-refractivity contribution in [3.8, 4) is 0 Å². The van der Waals surface area contributed by atoms with Crippen molar-refractivity contribution < 1.29 is 4.79 Å². The van der Waals surface area contributed by atoms with E-state index >= 15 is 0 Å². The van der Waals surface area contributed by atoms with Gasteiger partial charge in [-0.2, -0.15) is 0 Å². The first-order valence-electron chi connectivity index (χ1n) is 3.34. The molecule has 0 saturated carbocycles. The fourth-order valence-corrected chi connectivity index (χ4v) is 0.718. The van der Waals surface area contributed by atoms with E-state index in [2.05, 4.69) is 4.98 Å². The zero-order chi connectivity index (χ0) is 8.27. The summed E-state index contributed by atoms with van der Waals surface area (Å²) in [5.41, 5.74) is 0.484. The molecule has 0 fully saturated rings. The van der Waals surface area contributed by atoms with Crippen LogP contribution in [0.1, 0.15) is 10.5 Å². The highest BCUT2D eigenvalue weighted by Crippen LogP contribution is 1.95. The Morgan fingerprint density at radius 2 is 1.92 bits per heavy atom. The molecule has 0 spiro atoms. The molecule has 1 rings (SSSR count). The van der Waals surface area contributed by atoms with Crippen molar-refractivity contribution in [3.63, 3.8) is 0 Å². The number of hydrogen-bond donors (Lipinski definition) is 0. The van der Waals surface area contributed by atoms with E-state index in [4.69, 9.17) is 0 Å². The van der Waals surface area contributed by atoms with Gasteiger partial charge in [0.1, 0.15) is 5.69 Å². The third-order valence-electron chi connectivity index (χ3n) is 1.29. The topological polar surface area (TPSA) is 33.2 Å². The maximum Gasteiger partial charge on any atom is 0.271 e. The lowest BCUT2D eigenvalue weighted by atomic mass is 10.3. The first-order valence-corrected chi connectivity index (χ1v) is 3.34. The lowest BCUT2D eigenvalue weighted by molar-refractivity contribution is 0.0822. The zero-order valence-electron chi connectivity index (χ0n) is 7.43. The van der Waals surface area contributed by atoms with Gasteiger partial charge >= 0.3 is 0 Å². The van der Waals surface area contributed by atoms with Gasteiger partial charge in [0.05, 0.1) is 0 Å². The molecule has 0 aliphatic rings. The Morgan fingerprint density at radius 1 is 1.31 bits per heavy atom. The van der Waals surface area contributed by atoms with E-state index in [1.807, 2.05) is 0 Å². The lowest BCUT2D eigenvalue weighted by Crippen LogP contribution is -2.22. The van der Waals surface area contributed by atoms with E-state index in [0.29, 0.717) is 5.69 Å². The molecule has 0 atom stereocenters. The lowest BCUT2D eigenvalue weighted by Gasteiger charge is -2.07. The van der Waals surface area contributed by atoms with Crippen LogP contribution in [-0.4, -0.2) is 29.9 Å². The summed E-state index contributed by atoms with van der Waals surface area (Å²) in [4.78, 5) is 16.6. The molecule has 0 radical (unpaired) electrons. The summed E-state index contributed by atoms with van der Waals surface area (Å²) in [5.74, 6) is -0.0643. The largest absolute Gasteiger partial charge is 0.343 e. The minimum atomic E-state index is -0.0643. The smallest absolute Gasteiger partial charge is 0.271 e. The molecule has 1 aromatic heterocycles. The maximum atomic E-state index is 11.2. The normalized spacial score (nSPS) is 7.85. The van der Waals surface area contributed by atoms with Crippen LogP contribution in [0.15, 0.2) is 24.4 Å². The Balaban J connectivity index is 0. The van der Waals surface area contributed by atoms with Gasteiger partial charge in [0.15, 0.2) is 0 Å². The van der Waals surface area contributed by atoms with Crippen molar-refractivity contribution in [2.45, 2.75) is 0 Å². The van der Waals surface area contributed by atoms with Crippen molar-refractivity contribution in [2.75, 3.05) is 14.1 Å². The molecule has 0 unspecified atom stereocenters. The molecule has 0 aliphatic heterocycles. The molecule has 0 bridgehead atoms. The number of rotatable bonds is 1. The van der Waals surface area contributed by atoms with Gasteiger partial charge in [-0.3, -0.25) is 9.78 Å². The molecule has 0 N–H and O–H groups in total. The van der Waals surface area contributed by atoms with Crippen molar-refractivity contribution in [1.82, 2.24) is 9.88 Å². The van der Waals surface area contributed by atoms with Gasteiger partial charge < -0.3 is 4.90 Å². The van der Waals surface area contributed by atoms with Gasteiger partial charge in [0.2, 0.25) is 0 Å². The standard InChI is InChI=1S/C8H10N2O.2ClH/c1-10(2)8(11)7-5-3-4-6-9-7;;/h3-6H,1-2H3;2*1H. The van der Waals surface area contributed by atoms with Crippen molar-refractivity contribution in [2.24, 2.45) is 0 Å². The van der Waals surface area contributed by atoms with E-state index in [1.54, 1.807) is 38.5 Å². The Bertz CT molecular complexity index is 252. The number of carbonyl (C=O) groups is 1. The number of amides is 1. The van der Waals surface area contributed by atoms with E-state index in [9.17, 15) is 4.79 Å².